The van der Waals surface area contributed by atoms with Gasteiger partial charge < -0.3 is 23.7 Å². The molecule has 0 aliphatic rings. The molecule has 30 heavy (non-hydrogen) atoms. The van der Waals surface area contributed by atoms with Gasteiger partial charge in [-0.15, -0.1) is 0 Å². The molecule has 6 nitrogen and oxygen atoms in total. The van der Waals surface area contributed by atoms with Crippen molar-refractivity contribution in [2.75, 3.05) is 52.9 Å². The van der Waals surface area contributed by atoms with Crippen LogP contribution in [0.2, 0.25) is 0 Å². The Kier molecular flexibility index (Phi) is 21.0. The van der Waals surface area contributed by atoms with Gasteiger partial charge in [0.15, 0.2) is 0 Å². The number of hydrogen-bond donors (Lipinski definition) is 0. The number of esters is 1. The van der Waals surface area contributed by atoms with Crippen LogP contribution in [0.4, 0.5) is 0 Å². The number of ether oxygens (including phenoxy) is 5. The maximum Gasteiger partial charge on any atom is 0.332 e. The van der Waals surface area contributed by atoms with Crippen LogP contribution in [0.25, 0.3) is 0 Å². The Balaban J connectivity index is 3.11. The van der Waals surface area contributed by atoms with Crippen LogP contribution in [0.15, 0.2) is 0 Å². The molecule has 180 valence electrons. The van der Waals surface area contributed by atoms with Crippen molar-refractivity contribution in [1.82, 2.24) is 0 Å². The Bertz CT molecular complexity index is 367. The van der Waals surface area contributed by atoms with E-state index in [4.69, 9.17) is 23.7 Å². The first kappa shape index (κ1) is 29.3. The van der Waals surface area contributed by atoms with Gasteiger partial charge in [0.05, 0.1) is 39.6 Å². The molecule has 0 spiro atoms. The molecule has 0 aliphatic carbocycles. The summed E-state index contributed by atoms with van der Waals surface area (Å²) in [4.78, 5) is 11.4. The van der Waals surface area contributed by atoms with Crippen LogP contribution >= 0.6 is 0 Å². The third-order valence-electron chi connectivity index (χ3n) is 4.40. The van der Waals surface area contributed by atoms with Gasteiger partial charge >= 0.3 is 5.97 Å². The second kappa shape index (κ2) is 21.5. The van der Waals surface area contributed by atoms with Crippen molar-refractivity contribution >= 4 is 5.97 Å². The molecule has 0 aromatic carbocycles. The molecule has 0 unspecified atom stereocenters. The molecule has 0 atom stereocenters. The van der Waals surface area contributed by atoms with Crippen molar-refractivity contribution in [1.29, 1.82) is 0 Å². The zero-order valence-electron chi connectivity index (χ0n) is 20.2. The van der Waals surface area contributed by atoms with E-state index in [-0.39, 0.29) is 12.6 Å². The monoisotopic (exact) mass is 432 g/mol. The highest BCUT2D eigenvalue weighted by atomic mass is 16.6. The molecule has 0 saturated heterocycles. The minimum Gasteiger partial charge on any atom is -0.458 e. The Morgan fingerprint density at radius 2 is 0.967 bits per heavy atom. The third kappa shape index (κ3) is 25.3. The van der Waals surface area contributed by atoms with Crippen molar-refractivity contribution in [2.24, 2.45) is 0 Å². The lowest BCUT2D eigenvalue weighted by molar-refractivity contribution is -0.160. The molecule has 0 aliphatic heterocycles. The number of unbranched alkanes of at least 4 members (excludes halogenated alkanes) is 9. The average Bonchev–Trinajstić information content (AvgIpc) is 2.68. The number of carbonyl (C=O) groups is 1. The molecule has 0 aromatic heterocycles. The fourth-order valence-corrected chi connectivity index (χ4v) is 2.88. The van der Waals surface area contributed by atoms with E-state index in [0.29, 0.717) is 39.6 Å². The van der Waals surface area contributed by atoms with E-state index < -0.39 is 5.60 Å². The minimum atomic E-state index is -0.481. The topological polar surface area (TPSA) is 63.2 Å². The van der Waals surface area contributed by atoms with E-state index in [1.54, 1.807) is 0 Å². The predicted molar refractivity (Wildman–Crippen MR) is 121 cm³/mol. The molecule has 0 aromatic rings. The minimum absolute atomic E-state index is 0.0481. The maximum atomic E-state index is 11.4. The highest BCUT2D eigenvalue weighted by molar-refractivity contribution is 5.71. The van der Waals surface area contributed by atoms with Crippen molar-refractivity contribution in [2.45, 2.75) is 97.5 Å². The van der Waals surface area contributed by atoms with Crippen molar-refractivity contribution < 1.29 is 28.5 Å². The lowest BCUT2D eigenvalue weighted by Gasteiger charge is -2.19. The number of carbonyl (C=O) groups excluding carboxylic acids is 1. The summed E-state index contributed by atoms with van der Waals surface area (Å²) in [6.07, 6.45) is 13.4. The van der Waals surface area contributed by atoms with Crippen molar-refractivity contribution in [3.63, 3.8) is 0 Å². The van der Waals surface area contributed by atoms with Gasteiger partial charge in [-0.05, 0) is 27.2 Å². The summed E-state index contributed by atoms with van der Waals surface area (Å²) < 4.78 is 26.8. The fourth-order valence-electron chi connectivity index (χ4n) is 2.88. The van der Waals surface area contributed by atoms with Gasteiger partial charge in [0.25, 0.3) is 0 Å². The number of rotatable bonds is 22. The maximum absolute atomic E-state index is 11.4. The second-order valence-corrected chi connectivity index (χ2v) is 8.66. The number of hydrogen-bond acceptors (Lipinski definition) is 6. The molecular weight excluding hydrogens is 384 g/mol. The molecule has 0 amide bonds. The summed E-state index contributed by atoms with van der Waals surface area (Å²) in [7, 11) is 0. The lowest BCUT2D eigenvalue weighted by Crippen LogP contribution is -2.27. The van der Waals surface area contributed by atoms with Gasteiger partial charge in [-0.3, -0.25) is 0 Å². The largest absolute Gasteiger partial charge is 0.458 e. The molecule has 6 heteroatoms. The Morgan fingerprint density at radius 1 is 0.567 bits per heavy atom. The predicted octanol–water partition coefficient (Wildman–Crippen LogP) is 5.32. The summed E-state index contributed by atoms with van der Waals surface area (Å²) in [5.74, 6) is -0.358. The molecule has 0 bridgehead atoms. The molecule has 0 N–H and O–H groups in total. The molecule has 0 radical (unpaired) electrons. The fraction of sp³-hybridized carbons (Fsp3) is 0.958. The van der Waals surface area contributed by atoms with E-state index in [2.05, 4.69) is 6.92 Å². The highest BCUT2D eigenvalue weighted by Gasteiger charge is 2.15. The normalized spacial score (nSPS) is 11.7. The third-order valence-corrected chi connectivity index (χ3v) is 4.40. The van der Waals surface area contributed by atoms with E-state index in [0.717, 1.165) is 13.0 Å². The zero-order valence-corrected chi connectivity index (χ0v) is 20.2. The van der Waals surface area contributed by atoms with Gasteiger partial charge in [0, 0.05) is 6.61 Å². The molecular formula is C24H48O6. The van der Waals surface area contributed by atoms with Crippen LogP contribution in [0, 0.1) is 0 Å². The van der Waals surface area contributed by atoms with Gasteiger partial charge in [-0.1, -0.05) is 64.7 Å². The summed E-state index contributed by atoms with van der Waals surface area (Å²) >= 11 is 0. The van der Waals surface area contributed by atoms with Crippen LogP contribution in [-0.4, -0.2) is 64.4 Å². The zero-order chi connectivity index (χ0) is 22.3. The van der Waals surface area contributed by atoms with Crippen molar-refractivity contribution in [3.05, 3.63) is 0 Å². The highest BCUT2D eigenvalue weighted by Crippen LogP contribution is 2.10. The first-order valence-corrected chi connectivity index (χ1v) is 12.0. The van der Waals surface area contributed by atoms with Crippen LogP contribution in [0.5, 0.6) is 0 Å². The standard InChI is InChI=1S/C24H48O6/c1-5-6-7-8-9-10-11-12-13-14-15-26-16-17-27-18-19-28-20-21-29-22-23(25)30-24(2,3)4/h5-22H2,1-4H3. The van der Waals surface area contributed by atoms with Gasteiger partial charge in [-0.25, -0.2) is 4.79 Å². The van der Waals surface area contributed by atoms with Crippen molar-refractivity contribution in [3.8, 4) is 0 Å². The quantitative estimate of drug-likeness (QED) is 0.170. The summed E-state index contributed by atoms with van der Waals surface area (Å²) in [5.41, 5.74) is -0.481. The Hall–Kier alpha value is -0.690. The Labute approximate surface area is 185 Å². The molecule has 0 fully saturated rings. The van der Waals surface area contributed by atoms with Gasteiger partial charge in [0.2, 0.25) is 0 Å². The van der Waals surface area contributed by atoms with E-state index in [1.807, 2.05) is 20.8 Å². The summed E-state index contributed by atoms with van der Waals surface area (Å²) in [6.45, 7) is 11.6. The summed E-state index contributed by atoms with van der Waals surface area (Å²) in [5, 5.41) is 0. The van der Waals surface area contributed by atoms with Gasteiger partial charge in [0.1, 0.15) is 12.2 Å². The second-order valence-electron chi connectivity index (χ2n) is 8.66. The molecule has 0 rings (SSSR count). The van der Waals surface area contributed by atoms with E-state index >= 15 is 0 Å². The molecule has 0 saturated carbocycles. The first-order valence-electron chi connectivity index (χ1n) is 12.0. The van der Waals surface area contributed by atoms with Crippen LogP contribution < -0.4 is 0 Å². The van der Waals surface area contributed by atoms with Crippen LogP contribution in [0.3, 0.4) is 0 Å². The smallest absolute Gasteiger partial charge is 0.332 e. The van der Waals surface area contributed by atoms with E-state index in [9.17, 15) is 4.79 Å². The SMILES string of the molecule is CCCCCCCCCCCCOCCOCCOCCOCC(=O)OC(C)(C)C. The summed E-state index contributed by atoms with van der Waals surface area (Å²) in [6, 6.07) is 0. The van der Waals surface area contributed by atoms with Crippen LogP contribution in [-0.2, 0) is 28.5 Å². The van der Waals surface area contributed by atoms with Gasteiger partial charge in [-0.2, -0.15) is 0 Å². The first-order chi connectivity index (χ1) is 14.5. The average molecular weight is 433 g/mol. The van der Waals surface area contributed by atoms with E-state index in [1.165, 1.54) is 57.8 Å². The lowest BCUT2D eigenvalue weighted by atomic mass is 10.1. The molecule has 0 heterocycles. The van der Waals surface area contributed by atoms with Crippen LogP contribution in [0.1, 0.15) is 91.9 Å². The Morgan fingerprint density at radius 3 is 1.43 bits per heavy atom.